The predicted molar refractivity (Wildman–Crippen MR) is 86.7 cm³/mol. The van der Waals surface area contributed by atoms with E-state index in [0.717, 1.165) is 0 Å². The zero-order valence-corrected chi connectivity index (χ0v) is 13.3. The van der Waals surface area contributed by atoms with Crippen molar-refractivity contribution < 1.29 is 23.5 Å². The molecule has 0 unspecified atom stereocenters. The van der Waals surface area contributed by atoms with Crippen LogP contribution < -0.4 is 10.6 Å². The molecular formula is C16H15ClN2O5. The Morgan fingerprint density at radius 1 is 1.12 bits per heavy atom. The zero-order valence-electron chi connectivity index (χ0n) is 12.6. The summed E-state index contributed by atoms with van der Waals surface area (Å²) in [5.41, 5.74) is 0.547. The molecule has 1 aromatic carbocycles. The molecule has 2 rings (SSSR count). The number of ether oxygens (including phenoxy) is 1. The Morgan fingerprint density at radius 3 is 2.54 bits per heavy atom. The second-order valence-electron chi connectivity index (χ2n) is 4.70. The molecule has 0 radical (unpaired) electrons. The fraction of sp³-hybridized carbons (Fsp3) is 0.188. The summed E-state index contributed by atoms with van der Waals surface area (Å²) in [7, 11) is 0. The third-order valence-corrected chi connectivity index (χ3v) is 3.10. The van der Waals surface area contributed by atoms with E-state index in [0.29, 0.717) is 10.7 Å². The van der Waals surface area contributed by atoms with E-state index < -0.39 is 24.4 Å². The third kappa shape index (κ3) is 5.77. The van der Waals surface area contributed by atoms with Crippen LogP contribution in [-0.4, -0.2) is 30.9 Å². The maximum absolute atomic E-state index is 11.6. The highest BCUT2D eigenvalue weighted by atomic mass is 35.5. The Kier molecular flexibility index (Phi) is 6.39. The van der Waals surface area contributed by atoms with E-state index >= 15 is 0 Å². The number of carbonyl (C=O) groups is 3. The van der Waals surface area contributed by atoms with E-state index in [1.807, 2.05) is 0 Å². The minimum Gasteiger partial charge on any atom is -0.459 e. The van der Waals surface area contributed by atoms with Gasteiger partial charge in [-0.05, 0) is 36.4 Å². The predicted octanol–water partition coefficient (Wildman–Crippen LogP) is 2.23. The van der Waals surface area contributed by atoms with Crippen LogP contribution in [0.15, 0.2) is 47.1 Å². The van der Waals surface area contributed by atoms with Gasteiger partial charge >= 0.3 is 5.97 Å². The molecule has 2 aromatic rings. The van der Waals surface area contributed by atoms with Gasteiger partial charge in [-0.1, -0.05) is 11.6 Å². The number of hydrogen-bond donors (Lipinski definition) is 2. The van der Waals surface area contributed by atoms with E-state index in [1.54, 1.807) is 30.3 Å². The number of hydrogen-bond acceptors (Lipinski definition) is 5. The SMILES string of the molecule is O=C(COC(=O)CCNC(=O)c1ccco1)Nc1ccc(Cl)cc1. The van der Waals surface area contributed by atoms with Gasteiger partial charge in [0.2, 0.25) is 0 Å². The fourth-order valence-corrected chi connectivity index (χ4v) is 1.85. The molecule has 0 spiro atoms. The quantitative estimate of drug-likeness (QED) is 0.746. The first-order valence-corrected chi connectivity index (χ1v) is 7.45. The summed E-state index contributed by atoms with van der Waals surface area (Å²) in [5.74, 6) is -1.33. The molecule has 0 aliphatic heterocycles. The molecule has 0 fully saturated rings. The standard InChI is InChI=1S/C16H15ClN2O5/c17-11-3-5-12(6-4-11)19-14(20)10-24-15(21)7-8-18-16(22)13-2-1-9-23-13/h1-6,9H,7-8,10H2,(H,18,22)(H,19,20). The van der Waals surface area contributed by atoms with Crippen LogP contribution >= 0.6 is 11.6 Å². The van der Waals surface area contributed by atoms with Crippen molar-refractivity contribution in [3.63, 3.8) is 0 Å². The van der Waals surface area contributed by atoms with Crippen molar-refractivity contribution in [3.8, 4) is 0 Å². The molecule has 0 saturated carbocycles. The van der Waals surface area contributed by atoms with Crippen molar-refractivity contribution in [1.29, 1.82) is 0 Å². The number of anilines is 1. The molecule has 0 atom stereocenters. The minimum atomic E-state index is -0.596. The first-order chi connectivity index (χ1) is 11.5. The van der Waals surface area contributed by atoms with Crippen LogP contribution in [0.1, 0.15) is 17.0 Å². The molecule has 0 aliphatic rings. The van der Waals surface area contributed by atoms with Gasteiger partial charge in [-0.2, -0.15) is 0 Å². The lowest BCUT2D eigenvalue weighted by Crippen LogP contribution is -2.27. The van der Waals surface area contributed by atoms with Crippen molar-refractivity contribution in [1.82, 2.24) is 5.32 Å². The van der Waals surface area contributed by atoms with E-state index in [2.05, 4.69) is 10.6 Å². The number of esters is 1. The normalized spacial score (nSPS) is 10.0. The lowest BCUT2D eigenvalue weighted by atomic mass is 10.3. The summed E-state index contributed by atoms with van der Waals surface area (Å²) in [6, 6.07) is 9.62. The Hall–Kier alpha value is -2.80. The largest absolute Gasteiger partial charge is 0.459 e. The Labute approximate surface area is 142 Å². The van der Waals surface area contributed by atoms with Crippen molar-refractivity contribution in [2.24, 2.45) is 0 Å². The third-order valence-electron chi connectivity index (χ3n) is 2.85. The van der Waals surface area contributed by atoms with Gasteiger partial charge in [0.05, 0.1) is 12.7 Å². The molecule has 0 saturated heterocycles. The summed E-state index contributed by atoms with van der Waals surface area (Å²) < 4.78 is 9.73. The average molecular weight is 351 g/mol. The topological polar surface area (TPSA) is 97.6 Å². The van der Waals surface area contributed by atoms with Gasteiger partial charge in [-0.25, -0.2) is 0 Å². The minimum absolute atomic E-state index is 0.0549. The average Bonchev–Trinajstić information content (AvgIpc) is 3.10. The van der Waals surface area contributed by atoms with Crippen molar-refractivity contribution in [2.45, 2.75) is 6.42 Å². The molecule has 0 bridgehead atoms. The highest BCUT2D eigenvalue weighted by Gasteiger charge is 2.11. The summed E-state index contributed by atoms with van der Waals surface area (Å²) in [6.07, 6.45) is 1.32. The fourth-order valence-electron chi connectivity index (χ4n) is 1.72. The van der Waals surface area contributed by atoms with Gasteiger partial charge in [0, 0.05) is 17.3 Å². The van der Waals surface area contributed by atoms with Crippen molar-refractivity contribution in [3.05, 3.63) is 53.4 Å². The molecule has 24 heavy (non-hydrogen) atoms. The van der Waals surface area contributed by atoms with Gasteiger partial charge in [0.1, 0.15) is 0 Å². The Balaban J connectivity index is 1.63. The molecular weight excluding hydrogens is 336 g/mol. The molecule has 2 N–H and O–H groups in total. The number of amides is 2. The summed E-state index contributed by atoms with van der Waals surface area (Å²) >= 11 is 5.74. The smallest absolute Gasteiger partial charge is 0.308 e. The van der Waals surface area contributed by atoms with Crippen LogP contribution in [0.3, 0.4) is 0 Å². The second kappa shape index (κ2) is 8.73. The number of nitrogens with one attached hydrogen (secondary N) is 2. The molecule has 1 heterocycles. The molecule has 8 heteroatoms. The first kappa shape index (κ1) is 17.6. The van der Waals surface area contributed by atoms with E-state index in [1.165, 1.54) is 12.3 Å². The van der Waals surface area contributed by atoms with Crippen LogP contribution in [0.4, 0.5) is 5.69 Å². The van der Waals surface area contributed by atoms with Gasteiger partial charge in [0.15, 0.2) is 12.4 Å². The number of rotatable bonds is 7. The van der Waals surface area contributed by atoms with Gasteiger partial charge in [-0.15, -0.1) is 0 Å². The Morgan fingerprint density at radius 2 is 1.88 bits per heavy atom. The van der Waals surface area contributed by atoms with E-state index in [4.69, 9.17) is 20.8 Å². The second-order valence-corrected chi connectivity index (χ2v) is 5.14. The van der Waals surface area contributed by atoms with Crippen LogP contribution in [0, 0.1) is 0 Å². The van der Waals surface area contributed by atoms with Gasteiger partial charge in [-0.3, -0.25) is 14.4 Å². The van der Waals surface area contributed by atoms with Crippen LogP contribution in [-0.2, 0) is 14.3 Å². The zero-order chi connectivity index (χ0) is 17.4. The first-order valence-electron chi connectivity index (χ1n) is 7.07. The van der Waals surface area contributed by atoms with Crippen LogP contribution in [0.2, 0.25) is 5.02 Å². The number of carbonyl (C=O) groups excluding carboxylic acids is 3. The highest BCUT2D eigenvalue weighted by Crippen LogP contribution is 2.13. The van der Waals surface area contributed by atoms with Gasteiger partial charge in [0.25, 0.3) is 11.8 Å². The van der Waals surface area contributed by atoms with E-state index in [-0.39, 0.29) is 18.7 Å². The van der Waals surface area contributed by atoms with Crippen molar-refractivity contribution >= 4 is 35.1 Å². The van der Waals surface area contributed by atoms with E-state index in [9.17, 15) is 14.4 Å². The molecule has 7 nitrogen and oxygen atoms in total. The summed E-state index contributed by atoms with van der Waals surface area (Å²) in [5, 5.41) is 5.61. The molecule has 2 amide bonds. The monoisotopic (exact) mass is 350 g/mol. The summed E-state index contributed by atoms with van der Waals surface area (Å²) in [4.78, 5) is 34.7. The van der Waals surface area contributed by atoms with Gasteiger partial charge < -0.3 is 19.8 Å². The lowest BCUT2D eigenvalue weighted by molar-refractivity contribution is -0.147. The van der Waals surface area contributed by atoms with Crippen LogP contribution in [0.25, 0.3) is 0 Å². The maximum Gasteiger partial charge on any atom is 0.308 e. The highest BCUT2D eigenvalue weighted by molar-refractivity contribution is 6.30. The molecule has 0 aliphatic carbocycles. The van der Waals surface area contributed by atoms with Crippen LogP contribution in [0.5, 0.6) is 0 Å². The molecule has 1 aromatic heterocycles. The van der Waals surface area contributed by atoms with Crippen molar-refractivity contribution in [2.75, 3.05) is 18.5 Å². The molecule has 126 valence electrons. The number of halogens is 1. The maximum atomic E-state index is 11.6. The lowest BCUT2D eigenvalue weighted by Gasteiger charge is -2.07. The number of benzene rings is 1. The summed E-state index contributed by atoms with van der Waals surface area (Å²) in [6.45, 7) is -0.329. The Bertz CT molecular complexity index is 698. The number of furan rings is 1.